The summed E-state index contributed by atoms with van der Waals surface area (Å²) in [4.78, 5) is 15.7. The van der Waals surface area contributed by atoms with Gasteiger partial charge in [-0.3, -0.25) is 4.79 Å². The molecule has 0 saturated heterocycles. The van der Waals surface area contributed by atoms with Gasteiger partial charge in [0.15, 0.2) is 0 Å². The number of pyridine rings is 1. The van der Waals surface area contributed by atoms with Gasteiger partial charge in [0.2, 0.25) is 0 Å². The molecule has 0 aliphatic rings. The van der Waals surface area contributed by atoms with Crippen molar-refractivity contribution in [3.05, 3.63) is 23.4 Å². The van der Waals surface area contributed by atoms with E-state index < -0.39 is 0 Å². The van der Waals surface area contributed by atoms with E-state index in [1.165, 1.54) is 0 Å². The van der Waals surface area contributed by atoms with Gasteiger partial charge in [-0.25, -0.2) is 4.98 Å². The molecule has 4 heteroatoms. The fourth-order valence-corrected chi connectivity index (χ4v) is 1.29. The highest BCUT2D eigenvalue weighted by atomic mass is 16.1. The molecule has 0 atom stereocenters. The Labute approximate surface area is 90.1 Å². The second kappa shape index (κ2) is 5.34. The molecule has 4 nitrogen and oxygen atoms in total. The summed E-state index contributed by atoms with van der Waals surface area (Å²) < 4.78 is 0. The molecule has 2 N–H and O–H groups in total. The van der Waals surface area contributed by atoms with Crippen LogP contribution in [0.3, 0.4) is 0 Å². The van der Waals surface area contributed by atoms with Crippen LogP contribution in [0.5, 0.6) is 0 Å². The standard InChI is InChI=1S/C11H17N3O/c1-4-5-13-10-7-9(11(15)12-3)6-8(2)14-10/h6-7H,4-5H2,1-3H3,(H,12,15)(H,13,14). The lowest BCUT2D eigenvalue weighted by Gasteiger charge is -2.07. The molecule has 1 aromatic rings. The van der Waals surface area contributed by atoms with Crippen molar-refractivity contribution >= 4 is 11.7 Å². The van der Waals surface area contributed by atoms with Crippen LogP contribution < -0.4 is 10.6 Å². The van der Waals surface area contributed by atoms with Gasteiger partial charge in [-0.1, -0.05) is 6.92 Å². The Morgan fingerprint density at radius 1 is 1.47 bits per heavy atom. The van der Waals surface area contributed by atoms with Crippen LogP contribution in [0, 0.1) is 6.92 Å². The Hall–Kier alpha value is -1.58. The number of aryl methyl sites for hydroxylation is 1. The van der Waals surface area contributed by atoms with Crippen LogP contribution in [-0.4, -0.2) is 24.5 Å². The maximum Gasteiger partial charge on any atom is 0.251 e. The van der Waals surface area contributed by atoms with Gasteiger partial charge >= 0.3 is 0 Å². The van der Waals surface area contributed by atoms with Gasteiger partial charge < -0.3 is 10.6 Å². The third kappa shape index (κ3) is 3.23. The van der Waals surface area contributed by atoms with E-state index in [-0.39, 0.29) is 5.91 Å². The zero-order valence-electron chi connectivity index (χ0n) is 9.42. The number of hydrogen-bond acceptors (Lipinski definition) is 3. The minimum Gasteiger partial charge on any atom is -0.370 e. The molecule has 1 heterocycles. The Balaban J connectivity index is 2.89. The van der Waals surface area contributed by atoms with Crippen molar-refractivity contribution in [1.29, 1.82) is 0 Å². The minimum absolute atomic E-state index is 0.0833. The first-order valence-electron chi connectivity index (χ1n) is 5.12. The summed E-state index contributed by atoms with van der Waals surface area (Å²) in [6.07, 6.45) is 1.03. The number of carbonyl (C=O) groups is 1. The van der Waals surface area contributed by atoms with E-state index in [1.54, 1.807) is 19.2 Å². The number of carbonyl (C=O) groups excluding carboxylic acids is 1. The Morgan fingerprint density at radius 2 is 2.20 bits per heavy atom. The van der Waals surface area contributed by atoms with Crippen LogP contribution in [0.25, 0.3) is 0 Å². The first-order valence-corrected chi connectivity index (χ1v) is 5.12. The number of hydrogen-bond donors (Lipinski definition) is 2. The number of amides is 1. The van der Waals surface area contributed by atoms with Gasteiger partial charge in [0, 0.05) is 24.8 Å². The van der Waals surface area contributed by atoms with Crippen LogP contribution in [0.4, 0.5) is 5.82 Å². The van der Waals surface area contributed by atoms with Gasteiger partial charge in [0.05, 0.1) is 0 Å². The molecule has 0 aliphatic carbocycles. The molecule has 0 radical (unpaired) electrons. The van der Waals surface area contributed by atoms with Crippen molar-refractivity contribution in [2.24, 2.45) is 0 Å². The van der Waals surface area contributed by atoms with Crippen molar-refractivity contribution in [2.45, 2.75) is 20.3 Å². The largest absolute Gasteiger partial charge is 0.370 e. The van der Waals surface area contributed by atoms with Crippen LogP contribution in [0.1, 0.15) is 29.4 Å². The molecule has 0 bridgehead atoms. The number of nitrogens with one attached hydrogen (secondary N) is 2. The maximum absolute atomic E-state index is 11.4. The van der Waals surface area contributed by atoms with Crippen LogP contribution in [0.2, 0.25) is 0 Å². The van der Waals surface area contributed by atoms with Gasteiger partial charge in [0.25, 0.3) is 5.91 Å². The zero-order chi connectivity index (χ0) is 11.3. The Kier molecular flexibility index (Phi) is 4.09. The first kappa shape index (κ1) is 11.5. The molecular formula is C11H17N3O. The van der Waals surface area contributed by atoms with E-state index >= 15 is 0 Å². The van der Waals surface area contributed by atoms with E-state index in [0.29, 0.717) is 5.56 Å². The molecule has 1 amide bonds. The predicted molar refractivity (Wildman–Crippen MR) is 61.1 cm³/mol. The molecule has 0 saturated carbocycles. The van der Waals surface area contributed by atoms with E-state index in [9.17, 15) is 4.79 Å². The third-order valence-electron chi connectivity index (χ3n) is 2.00. The van der Waals surface area contributed by atoms with Gasteiger partial charge in [-0.15, -0.1) is 0 Å². The van der Waals surface area contributed by atoms with Crippen molar-refractivity contribution in [2.75, 3.05) is 18.9 Å². The third-order valence-corrected chi connectivity index (χ3v) is 2.00. The summed E-state index contributed by atoms with van der Waals surface area (Å²) in [7, 11) is 1.62. The molecular weight excluding hydrogens is 190 g/mol. The molecule has 0 aromatic carbocycles. The first-order chi connectivity index (χ1) is 7.17. The average molecular weight is 207 g/mol. The van der Waals surface area contributed by atoms with E-state index in [4.69, 9.17) is 0 Å². The van der Waals surface area contributed by atoms with E-state index in [0.717, 1.165) is 24.5 Å². The SMILES string of the molecule is CCCNc1cc(C(=O)NC)cc(C)n1. The smallest absolute Gasteiger partial charge is 0.251 e. The quantitative estimate of drug-likeness (QED) is 0.788. The van der Waals surface area contributed by atoms with Crippen molar-refractivity contribution < 1.29 is 4.79 Å². The molecule has 0 unspecified atom stereocenters. The minimum atomic E-state index is -0.0833. The molecule has 1 aromatic heterocycles. The summed E-state index contributed by atoms with van der Waals surface area (Å²) in [5, 5.41) is 5.76. The van der Waals surface area contributed by atoms with Crippen molar-refractivity contribution in [3.63, 3.8) is 0 Å². The molecule has 0 aliphatic heterocycles. The van der Waals surface area contributed by atoms with Crippen molar-refractivity contribution in [3.8, 4) is 0 Å². The molecule has 0 spiro atoms. The molecule has 82 valence electrons. The lowest BCUT2D eigenvalue weighted by atomic mass is 10.2. The van der Waals surface area contributed by atoms with Gasteiger partial charge in [-0.2, -0.15) is 0 Å². The summed E-state index contributed by atoms with van der Waals surface area (Å²) >= 11 is 0. The molecule has 15 heavy (non-hydrogen) atoms. The second-order valence-electron chi connectivity index (χ2n) is 3.39. The van der Waals surface area contributed by atoms with E-state index in [1.807, 2.05) is 6.92 Å². The lowest BCUT2D eigenvalue weighted by molar-refractivity contribution is 0.0963. The molecule has 1 rings (SSSR count). The molecule has 0 fully saturated rings. The number of aromatic nitrogens is 1. The summed E-state index contributed by atoms with van der Waals surface area (Å²) in [6, 6.07) is 3.54. The monoisotopic (exact) mass is 207 g/mol. The van der Waals surface area contributed by atoms with Gasteiger partial charge in [-0.05, 0) is 25.5 Å². The van der Waals surface area contributed by atoms with Gasteiger partial charge in [0.1, 0.15) is 5.82 Å². The highest BCUT2D eigenvalue weighted by Gasteiger charge is 2.05. The van der Waals surface area contributed by atoms with E-state index in [2.05, 4.69) is 22.5 Å². The average Bonchev–Trinajstić information content (AvgIpc) is 2.24. The maximum atomic E-state index is 11.4. The van der Waals surface area contributed by atoms with Crippen LogP contribution >= 0.6 is 0 Å². The second-order valence-corrected chi connectivity index (χ2v) is 3.39. The fraction of sp³-hybridized carbons (Fsp3) is 0.455. The zero-order valence-corrected chi connectivity index (χ0v) is 9.42. The lowest BCUT2D eigenvalue weighted by Crippen LogP contribution is -2.18. The predicted octanol–water partition coefficient (Wildman–Crippen LogP) is 1.57. The Bertz CT molecular complexity index is 350. The van der Waals surface area contributed by atoms with Crippen molar-refractivity contribution in [1.82, 2.24) is 10.3 Å². The fourth-order valence-electron chi connectivity index (χ4n) is 1.29. The summed E-state index contributed by atoms with van der Waals surface area (Å²) in [6.45, 7) is 4.83. The van der Waals surface area contributed by atoms with Crippen LogP contribution in [-0.2, 0) is 0 Å². The summed E-state index contributed by atoms with van der Waals surface area (Å²) in [5.74, 6) is 0.676. The normalized spacial score (nSPS) is 9.80. The Morgan fingerprint density at radius 3 is 2.80 bits per heavy atom. The topological polar surface area (TPSA) is 54.0 Å². The highest BCUT2D eigenvalue weighted by Crippen LogP contribution is 2.10. The number of nitrogens with zero attached hydrogens (tertiary/aromatic N) is 1. The summed E-state index contributed by atoms with van der Waals surface area (Å²) in [5.41, 5.74) is 1.48. The number of anilines is 1. The number of rotatable bonds is 4. The van der Waals surface area contributed by atoms with Crippen LogP contribution in [0.15, 0.2) is 12.1 Å². The highest BCUT2D eigenvalue weighted by molar-refractivity contribution is 5.94.